The van der Waals surface area contributed by atoms with Crippen LogP contribution in [0.15, 0.2) is 65.7 Å². The van der Waals surface area contributed by atoms with E-state index < -0.39 is 9.84 Å². The molecule has 0 atom stereocenters. The van der Waals surface area contributed by atoms with Crippen molar-refractivity contribution in [3.8, 4) is 0 Å². The van der Waals surface area contributed by atoms with Gasteiger partial charge < -0.3 is 20.7 Å². The molecule has 3 aromatic rings. The molecule has 0 fully saturated rings. The Labute approximate surface area is 176 Å². The van der Waals surface area contributed by atoms with Crippen LogP contribution in [0.25, 0.3) is 0 Å². The Hall–Kier alpha value is -3.17. The molecular formula is C21H25N5O3S. The van der Waals surface area contributed by atoms with Crippen LogP contribution in [0.4, 0.5) is 28.8 Å². The largest absolute Gasteiger partial charge is 0.399 e. The Balaban J connectivity index is 1.77. The van der Waals surface area contributed by atoms with Crippen molar-refractivity contribution in [3.05, 3.63) is 60.8 Å². The molecule has 30 heavy (non-hydrogen) atoms. The second-order valence-electron chi connectivity index (χ2n) is 6.71. The first kappa shape index (κ1) is 21.5. The van der Waals surface area contributed by atoms with Gasteiger partial charge in [-0.3, -0.25) is 0 Å². The Morgan fingerprint density at radius 1 is 1.13 bits per heavy atom. The Bertz CT molecular complexity index is 1090. The Morgan fingerprint density at radius 3 is 2.63 bits per heavy atom. The molecule has 3 N–H and O–H groups in total. The number of anilines is 5. The molecule has 0 spiro atoms. The standard InChI is InChI=1S/C21H25N5O3S/c1-26(18-9-7-16(22)8-10-18)20-11-12-23-21(25-20)24-17-5-3-6-19(15-17)30(27,28)14-4-13-29-2/h3,5-12,15H,4,13-14,22H2,1-2H3,(H,23,24,25). The summed E-state index contributed by atoms with van der Waals surface area (Å²) in [5.74, 6) is 1.08. The fourth-order valence-corrected chi connectivity index (χ4v) is 4.16. The summed E-state index contributed by atoms with van der Waals surface area (Å²) in [5, 5.41) is 3.08. The second kappa shape index (κ2) is 9.55. The van der Waals surface area contributed by atoms with Crippen molar-refractivity contribution < 1.29 is 13.2 Å². The molecule has 158 valence electrons. The van der Waals surface area contributed by atoms with E-state index in [0.717, 1.165) is 5.69 Å². The number of nitrogens with one attached hydrogen (secondary N) is 1. The zero-order valence-corrected chi connectivity index (χ0v) is 17.8. The van der Waals surface area contributed by atoms with E-state index >= 15 is 0 Å². The number of nitrogen functional groups attached to an aromatic ring is 1. The molecule has 9 heteroatoms. The number of ether oxygens (including phenoxy) is 1. The molecule has 0 saturated heterocycles. The zero-order chi connectivity index (χ0) is 21.6. The van der Waals surface area contributed by atoms with Crippen molar-refractivity contribution in [1.29, 1.82) is 0 Å². The van der Waals surface area contributed by atoms with Crippen LogP contribution in [0.3, 0.4) is 0 Å². The van der Waals surface area contributed by atoms with Crippen molar-refractivity contribution in [2.24, 2.45) is 0 Å². The van der Waals surface area contributed by atoms with E-state index in [1.807, 2.05) is 36.2 Å². The molecule has 0 aliphatic heterocycles. The first-order valence-corrected chi connectivity index (χ1v) is 11.1. The highest BCUT2D eigenvalue weighted by Gasteiger charge is 2.15. The Morgan fingerprint density at radius 2 is 1.90 bits per heavy atom. The van der Waals surface area contributed by atoms with E-state index in [1.54, 1.807) is 43.6 Å². The van der Waals surface area contributed by atoms with Gasteiger partial charge in [0.2, 0.25) is 5.95 Å². The highest BCUT2D eigenvalue weighted by molar-refractivity contribution is 7.91. The van der Waals surface area contributed by atoms with Gasteiger partial charge in [0, 0.05) is 44.0 Å². The maximum Gasteiger partial charge on any atom is 0.229 e. The van der Waals surface area contributed by atoms with Crippen LogP contribution in [0, 0.1) is 0 Å². The smallest absolute Gasteiger partial charge is 0.229 e. The van der Waals surface area contributed by atoms with Crippen molar-refractivity contribution in [3.63, 3.8) is 0 Å². The number of benzene rings is 2. The van der Waals surface area contributed by atoms with Gasteiger partial charge in [-0.1, -0.05) is 6.07 Å². The quantitative estimate of drug-likeness (QED) is 0.395. The number of nitrogens with two attached hydrogens (primary N) is 1. The van der Waals surface area contributed by atoms with Crippen molar-refractivity contribution in [2.75, 3.05) is 42.5 Å². The summed E-state index contributed by atoms with van der Waals surface area (Å²) in [4.78, 5) is 10.9. The summed E-state index contributed by atoms with van der Waals surface area (Å²) >= 11 is 0. The summed E-state index contributed by atoms with van der Waals surface area (Å²) in [6, 6.07) is 15.9. The normalized spacial score (nSPS) is 11.3. The van der Waals surface area contributed by atoms with E-state index in [1.165, 1.54) is 0 Å². The number of nitrogens with zero attached hydrogens (tertiary/aromatic N) is 3. The molecule has 2 aromatic carbocycles. The van der Waals surface area contributed by atoms with E-state index in [-0.39, 0.29) is 10.6 Å². The third kappa shape index (κ3) is 5.46. The van der Waals surface area contributed by atoms with Crippen LogP contribution in [-0.2, 0) is 14.6 Å². The van der Waals surface area contributed by atoms with Gasteiger partial charge >= 0.3 is 0 Å². The molecule has 8 nitrogen and oxygen atoms in total. The van der Waals surface area contributed by atoms with Gasteiger partial charge in [-0.15, -0.1) is 0 Å². The van der Waals surface area contributed by atoms with Crippen LogP contribution in [-0.4, -0.2) is 44.9 Å². The molecule has 1 heterocycles. The molecule has 0 saturated carbocycles. The van der Waals surface area contributed by atoms with E-state index in [0.29, 0.717) is 36.2 Å². The maximum atomic E-state index is 12.5. The van der Waals surface area contributed by atoms with Crippen LogP contribution in [0.2, 0.25) is 0 Å². The number of sulfone groups is 1. The summed E-state index contributed by atoms with van der Waals surface area (Å²) < 4.78 is 30.0. The van der Waals surface area contributed by atoms with Crippen LogP contribution in [0.5, 0.6) is 0 Å². The van der Waals surface area contributed by atoms with E-state index in [2.05, 4.69) is 15.3 Å². The molecular weight excluding hydrogens is 402 g/mol. The number of rotatable bonds is 9. The maximum absolute atomic E-state index is 12.5. The summed E-state index contributed by atoms with van der Waals surface area (Å²) in [6.45, 7) is 0.402. The van der Waals surface area contributed by atoms with Gasteiger partial charge in [-0.05, 0) is 55.0 Å². The van der Waals surface area contributed by atoms with Crippen molar-refractivity contribution >= 4 is 38.7 Å². The first-order valence-electron chi connectivity index (χ1n) is 9.40. The highest BCUT2D eigenvalue weighted by atomic mass is 32.2. The van der Waals surface area contributed by atoms with Crippen LogP contribution in [0.1, 0.15) is 6.42 Å². The summed E-state index contributed by atoms with van der Waals surface area (Å²) in [7, 11) is 0.0575. The lowest BCUT2D eigenvalue weighted by molar-refractivity contribution is 0.199. The van der Waals surface area contributed by atoms with Crippen LogP contribution < -0.4 is 16.0 Å². The van der Waals surface area contributed by atoms with Crippen molar-refractivity contribution in [2.45, 2.75) is 11.3 Å². The summed E-state index contributed by atoms with van der Waals surface area (Å²) in [6.07, 6.45) is 2.09. The minimum Gasteiger partial charge on any atom is -0.399 e. The van der Waals surface area contributed by atoms with Crippen LogP contribution >= 0.6 is 0 Å². The molecule has 0 amide bonds. The average molecular weight is 428 g/mol. The number of hydrogen-bond acceptors (Lipinski definition) is 8. The van der Waals surface area contributed by atoms with Crippen molar-refractivity contribution in [1.82, 2.24) is 9.97 Å². The van der Waals surface area contributed by atoms with Gasteiger partial charge in [0.25, 0.3) is 0 Å². The van der Waals surface area contributed by atoms with E-state index in [4.69, 9.17) is 10.5 Å². The lowest BCUT2D eigenvalue weighted by Crippen LogP contribution is -2.12. The minimum absolute atomic E-state index is 0.0304. The SMILES string of the molecule is COCCCS(=O)(=O)c1cccc(Nc2nccc(N(C)c3ccc(N)cc3)n2)c1. The first-order chi connectivity index (χ1) is 14.4. The Kier molecular flexibility index (Phi) is 6.86. The minimum atomic E-state index is -3.39. The third-order valence-electron chi connectivity index (χ3n) is 4.48. The van der Waals surface area contributed by atoms with E-state index in [9.17, 15) is 8.42 Å². The van der Waals surface area contributed by atoms with Gasteiger partial charge in [0.05, 0.1) is 10.6 Å². The molecule has 0 unspecified atom stereocenters. The highest BCUT2D eigenvalue weighted by Crippen LogP contribution is 2.24. The molecule has 1 aromatic heterocycles. The topological polar surface area (TPSA) is 110 Å². The molecule has 0 bridgehead atoms. The van der Waals surface area contributed by atoms with Gasteiger partial charge in [-0.2, -0.15) is 4.98 Å². The van der Waals surface area contributed by atoms with Gasteiger partial charge in [0.1, 0.15) is 5.82 Å². The lowest BCUT2D eigenvalue weighted by atomic mass is 10.2. The monoisotopic (exact) mass is 427 g/mol. The summed E-state index contributed by atoms with van der Waals surface area (Å²) in [5.41, 5.74) is 7.96. The fraction of sp³-hybridized carbons (Fsp3) is 0.238. The lowest BCUT2D eigenvalue weighted by Gasteiger charge is -2.19. The zero-order valence-electron chi connectivity index (χ0n) is 16.9. The fourth-order valence-electron chi connectivity index (χ4n) is 2.83. The average Bonchev–Trinajstić information content (AvgIpc) is 2.74. The molecule has 3 rings (SSSR count). The van der Waals surface area contributed by atoms with Gasteiger partial charge in [0.15, 0.2) is 9.84 Å². The second-order valence-corrected chi connectivity index (χ2v) is 8.82. The van der Waals surface area contributed by atoms with Gasteiger partial charge in [-0.25, -0.2) is 13.4 Å². The number of hydrogen-bond donors (Lipinski definition) is 2. The predicted octanol–water partition coefficient (Wildman–Crippen LogP) is 3.38. The number of methoxy groups -OCH3 is 1. The molecule has 0 aliphatic rings. The molecule has 0 aliphatic carbocycles. The third-order valence-corrected chi connectivity index (χ3v) is 6.27. The number of aromatic nitrogens is 2. The predicted molar refractivity (Wildman–Crippen MR) is 119 cm³/mol. The molecule has 0 radical (unpaired) electrons.